The number of halogens is 2. The fourth-order valence-electron chi connectivity index (χ4n) is 1.50. The molecule has 1 N–H and O–H groups in total. The number of carboxylic acids is 1. The fourth-order valence-corrected chi connectivity index (χ4v) is 1.99. The highest BCUT2D eigenvalue weighted by Gasteiger charge is 2.18. The van der Waals surface area contributed by atoms with Gasteiger partial charge in [-0.3, -0.25) is 9.59 Å². The van der Waals surface area contributed by atoms with E-state index in [-0.39, 0.29) is 12.5 Å². The molecular formula is C12H13BrClNO3. The smallest absolute Gasteiger partial charge is 0.323 e. The van der Waals surface area contributed by atoms with Gasteiger partial charge in [0.25, 0.3) is 5.91 Å². The van der Waals surface area contributed by atoms with Crippen molar-refractivity contribution in [1.82, 2.24) is 4.90 Å². The van der Waals surface area contributed by atoms with Gasteiger partial charge in [-0.2, -0.15) is 0 Å². The lowest BCUT2D eigenvalue weighted by atomic mass is 10.2. The Hall–Kier alpha value is -1.07. The molecule has 1 aromatic rings. The Bertz CT molecular complexity index is 465. The number of hydrogen-bond acceptors (Lipinski definition) is 2. The molecule has 98 valence electrons. The van der Waals surface area contributed by atoms with Gasteiger partial charge in [0.05, 0.1) is 5.02 Å². The Balaban J connectivity index is 2.93. The third kappa shape index (κ3) is 3.99. The van der Waals surface area contributed by atoms with Crippen LogP contribution in [-0.4, -0.2) is 35.0 Å². The number of nitrogens with zero attached hydrogens (tertiary/aromatic N) is 1. The standard InChI is InChI=1S/C12H13BrClNO3/c1-2-5-15(7-11(16)17)12(18)8-3-4-10(14)9(13)6-8/h3-4,6H,2,5,7H2,1H3,(H,16,17). The number of carboxylic acid groups (broad SMARTS) is 1. The molecule has 4 nitrogen and oxygen atoms in total. The fraction of sp³-hybridized carbons (Fsp3) is 0.333. The van der Waals surface area contributed by atoms with E-state index in [1.165, 1.54) is 4.90 Å². The first-order chi connectivity index (χ1) is 8.45. The van der Waals surface area contributed by atoms with Gasteiger partial charge in [-0.15, -0.1) is 0 Å². The highest BCUT2D eigenvalue weighted by atomic mass is 79.9. The summed E-state index contributed by atoms with van der Waals surface area (Å²) in [4.78, 5) is 24.2. The van der Waals surface area contributed by atoms with Crippen LogP contribution < -0.4 is 0 Å². The molecule has 0 unspecified atom stereocenters. The molecule has 0 atom stereocenters. The second-order valence-corrected chi connectivity index (χ2v) is 5.01. The number of carbonyl (C=O) groups is 2. The van der Waals surface area contributed by atoms with Crippen molar-refractivity contribution in [3.05, 3.63) is 33.3 Å². The summed E-state index contributed by atoms with van der Waals surface area (Å²) in [5.74, 6) is -1.33. The minimum atomic E-state index is -1.02. The minimum absolute atomic E-state index is 0.299. The Kier molecular flexibility index (Phi) is 5.62. The van der Waals surface area contributed by atoms with Gasteiger partial charge in [0.2, 0.25) is 0 Å². The lowest BCUT2D eigenvalue weighted by Crippen LogP contribution is -2.36. The van der Waals surface area contributed by atoms with Crippen LogP contribution in [0.4, 0.5) is 0 Å². The Labute approximate surface area is 119 Å². The molecule has 0 aromatic heterocycles. The SMILES string of the molecule is CCCN(CC(=O)O)C(=O)c1ccc(Cl)c(Br)c1. The summed E-state index contributed by atoms with van der Waals surface area (Å²) >= 11 is 9.08. The monoisotopic (exact) mass is 333 g/mol. The lowest BCUT2D eigenvalue weighted by molar-refractivity contribution is -0.137. The molecule has 0 aliphatic rings. The van der Waals surface area contributed by atoms with Crippen LogP contribution in [-0.2, 0) is 4.79 Å². The van der Waals surface area contributed by atoms with Crippen LogP contribution >= 0.6 is 27.5 Å². The summed E-state index contributed by atoms with van der Waals surface area (Å²) in [5.41, 5.74) is 0.418. The zero-order valence-corrected chi connectivity index (χ0v) is 12.2. The van der Waals surface area contributed by atoms with Crippen molar-refractivity contribution < 1.29 is 14.7 Å². The molecule has 0 bridgehead atoms. The summed E-state index contributed by atoms with van der Waals surface area (Å²) in [6.07, 6.45) is 0.702. The van der Waals surface area contributed by atoms with Crippen molar-refractivity contribution in [2.45, 2.75) is 13.3 Å². The zero-order valence-electron chi connectivity index (χ0n) is 9.82. The third-order valence-corrected chi connectivity index (χ3v) is 3.49. The summed E-state index contributed by atoms with van der Waals surface area (Å²) in [6, 6.07) is 4.78. The number of amides is 1. The van der Waals surface area contributed by atoms with Crippen LogP contribution in [0.2, 0.25) is 5.02 Å². The normalized spacial score (nSPS) is 10.2. The van der Waals surface area contributed by atoms with Gasteiger partial charge in [0.15, 0.2) is 0 Å². The summed E-state index contributed by atoms with van der Waals surface area (Å²) < 4.78 is 0.613. The second-order valence-electron chi connectivity index (χ2n) is 3.75. The highest BCUT2D eigenvalue weighted by molar-refractivity contribution is 9.10. The lowest BCUT2D eigenvalue weighted by Gasteiger charge is -2.20. The maximum absolute atomic E-state index is 12.1. The molecule has 1 aromatic carbocycles. The van der Waals surface area contributed by atoms with E-state index in [0.717, 1.165) is 0 Å². The van der Waals surface area contributed by atoms with Gasteiger partial charge >= 0.3 is 5.97 Å². The van der Waals surface area contributed by atoms with Crippen molar-refractivity contribution in [3.63, 3.8) is 0 Å². The second kappa shape index (κ2) is 6.75. The first kappa shape index (κ1) is 15.0. The molecule has 18 heavy (non-hydrogen) atoms. The summed E-state index contributed by atoms with van der Waals surface area (Å²) in [7, 11) is 0. The number of hydrogen-bond donors (Lipinski definition) is 1. The van der Waals surface area contributed by atoms with E-state index in [2.05, 4.69) is 15.9 Å². The molecule has 0 saturated heterocycles. The maximum atomic E-state index is 12.1. The van der Waals surface area contributed by atoms with Crippen molar-refractivity contribution in [2.75, 3.05) is 13.1 Å². The Morgan fingerprint density at radius 1 is 1.44 bits per heavy atom. The van der Waals surface area contributed by atoms with Crippen molar-refractivity contribution in [2.24, 2.45) is 0 Å². The van der Waals surface area contributed by atoms with Crippen LogP contribution in [0.3, 0.4) is 0 Å². The Morgan fingerprint density at radius 3 is 2.61 bits per heavy atom. The number of rotatable bonds is 5. The summed E-state index contributed by atoms with van der Waals surface area (Å²) in [6.45, 7) is 2.00. The van der Waals surface area contributed by atoms with E-state index in [4.69, 9.17) is 16.7 Å². The van der Waals surface area contributed by atoms with Gasteiger partial charge in [-0.25, -0.2) is 0 Å². The zero-order chi connectivity index (χ0) is 13.7. The molecule has 1 rings (SSSR count). The van der Waals surface area contributed by atoms with Crippen LogP contribution in [0.5, 0.6) is 0 Å². The van der Waals surface area contributed by atoms with E-state index < -0.39 is 5.97 Å². The van der Waals surface area contributed by atoms with E-state index in [9.17, 15) is 9.59 Å². The van der Waals surface area contributed by atoms with Gasteiger partial charge in [0, 0.05) is 16.6 Å². The molecule has 6 heteroatoms. The van der Waals surface area contributed by atoms with Crippen LogP contribution in [0.15, 0.2) is 22.7 Å². The maximum Gasteiger partial charge on any atom is 0.323 e. The topological polar surface area (TPSA) is 57.6 Å². The van der Waals surface area contributed by atoms with Crippen LogP contribution in [0.25, 0.3) is 0 Å². The average Bonchev–Trinajstić information content (AvgIpc) is 2.31. The van der Waals surface area contributed by atoms with E-state index in [1.54, 1.807) is 18.2 Å². The van der Waals surface area contributed by atoms with E-state index >= 15 is 0 Å². The molecule has 0 aliphatic carbocycles. The predicted molar refractivity (Wildman–Crippen MR) is 73.0 cm³/mol. The minimum Gasteiger partial charge on any atom is -0.480 e. The molecule has 0 heterocycles. The summed E-state index contributed by atoms with van der Waals surface area (Å²) in [5, 5.41) is 9.29. The molecular weight excluding hydrogens is 321 g/mol. The Morgan fingerprint density at radius 2 is 2.11 bits per heavy atom. The van der Waals surface area contributed by atoms with Gasteiger partial charge in [0.1, 0.15) is 6.54 Å². The van der Waals surface area contributed by atoms with E-state index in [1.807, 2.05) is 6.92 Å². The average molecular weight is 335 g/mol. The van der Waals surface area contributed by atoms with Gasteiger partial charge in [-0.1, -0.05) is 18.5 Å². The molecule has 0 fully saturated rings. The number of aliphatic carboxylic acids is 1. The molecule has 0 saturated carbocycles. The largest absolute Gasteiger partial charge is 0.480 e. The van der Waals surface area contributed by atoms with Crippen molar-refractivity contribution in [3.8, 4) is 0 Å². The molecule has 1 amide bonds. The first-order valence-electron chi connectivity index (χ1n) is 5.41. The van der Waals surface area contributed by atoms with Crippen LogP contribution in [0.1, 0.15) is 23.7 Å². The van der Waals surface area contributed by atoms with Gasteiger partial charge in [-0.05, 0) is 40.5 Å². The third-order valence-electron chi connectivity index (χ3n) is 2.27. The van der Waals surface area contributed by atoms with Crippen LogP contribution in [0, 0.1) is 0 Å². The molecule has 0 spiro atoms. The molecule has 0 aliphatic heterocycles. The van der Waals surface area contributed by atoms with E-state index in [0.29, 0.717) is 28.0 Å². The quantitative estimate of drug-likeness (QED) is 0.900. The highest BCUT2D eigenvalue weighted by Crippen LogP contribution is 2.23. The number of carbonyl (C=O) groups excluding carboxylic acids is 1. The van der Waals surface area contributed by atoms with Crippen molar-refractivity contribution >= 4 is 39.4 Å². The predicted octanol–water partition coefficient (Wildman–Crippen LogP) is 3.04. The first-order valence-corrected chi connectivity index (χ1v) is 6.59. The number of benzene rings is 1. The molecule has 0 radical (unpaired) electrons. The van der Waals surface area contributed by atoms with Crippen molar-refractivity contribution in [1.29, 1.82) is 0 Å². The van der Waals surface area contributed by atoms with Gasteiger partial charge < -0.3 is 10.0 Å².